The van der Waals surface area contributed by atoms with E-state index < -0.39 is 9.84 Å². The summed E-state index contributed by atoms with van der Waals surface area (Å²) in [6, 6.07) is 14.2. The van der Waals surface area contributed by atoms with Gasteiger partial charge in [-0.1, -0.05) is 35.0 Å². The fourth-order valence-electron chi connectivity index (χ4n) is 3.34. The Labute approximate surface area is 163 Å². The number of fused-ring (bicyclic) bond motifs is 3. The largest absolute Gasteiger partial charge is 0.357 e. The predicted molar refractivity (Wildman–Crippen MR) is 108 cm³/mol. The molecule has 0 unspecified atom stereocenters. The van der Waals surface area contributed by atoms with Gasteiger partial charge >= 0.3 is 0 Å². The summed E-state index contributed by atoms with van der Waals surface area (Å²) in [4.78, 5) is 7.00. The Hall–Kier alpha value is -3.00. The fourth-order valence-corrected chi connectivity index (χ4v) is 4.60. The van der Waals surface area contributed by atoms with E-state index in [9.17, 15) is 8.42 Å². The van der Waals surface area contributed by atoms with Crippen molar-refractivity contribution in [3.8, 4) is 0 Å². The zero-order valence-electron chi connectivity index (χ0n) is 16.0. The fraction of sp³-hybridized carbons (Fsp3) is 0.250. The lowest BCUT2D eigenvalue weighted by molar-refractivity contribution is 0.592. The highest BCUT2D eigenvalue weighted by atomic mass is 32.2. The third kappa shape index (κ3) is 2.80. The van der Waals surface area contributed by atoms with Gasteiger partial charge in [-0.15, -0.1) is 5.10 Å². The van der Waals surface area contributed by atoms with Crippen LogP contribution in [0.4, 0.5) is 5.82 Å². The highest BCUT2D eigenvalue weighted by Gasteiger charge is 2.27. The summed E-state index contributed by atoms with van der Waals surface area (Å²) in [6.07, 6.45) is 0. The van der Waals surface area contributed by atoms with Crippen LogP contribution in [0.2, 0.25) is 0 Å². The predicted octanol–water partition coefficient (Wildman–Crippen LogP) is 3.26. The van der Waals surface area contributed by atoms with Crippen LogP contribution in [-0.2, 0) is 9.84 Å². The minimum absolute atomic E-state index is 0.130. The Morgan fingerprint density at radius 2 is 1.75 bits per heavy atom. The monoisotopic (exact) mass is 395 g/mol. The topological polar surface area (TPSA) is 80.5 Å². The van der Waals surface area contributed by atoms with Gasteiger partial charge in [0.15, 0.2) is 5.65 Å². The van der Waals surface area contributed by atoms with E-state index in [1.165, 1.54) is 4.52 Å². The molecule has 8 heteroatoms. The summed E-state index contributed by atoms with van der Waals surface area (Å²) in [5.41, 5.74) is 2.11. The van der Waals surface area contributed by atoms with Crippen LogP contribution in [0.3, 0.4) is 0 Å². The molecule has 2 aromatic carbocycles. The van der Waals surface area contributed by atoms with Crippen molar-refractivity contribution in [1.29, 1.82) is 0 Å². The van der Waals surface area contributed by atoms with Crippen molar-refractivity contribution >= 4 is 32.2 Å². The quantitative estimate of drug-likeness (QED) is 0.516. The number of rotatable bonds is 5. The lowest BCUT2D eigenvalue weighted by Gasteiger charge is -2.22. The van der Waals surface area contributed by atoms with E-state index in [1.807, 2.05) is 39.0 Å². The second-order valence-electron chi connectivity index (χ2n) is 6.57. The van der Waals surface area contributed by atoms with E-state index in [0.29, 0.717) is 0 Å². The number of hydrogen-bond acceptors (Lipinski definition) is 6. The maximum Gasteiger partial charge on any atom is 0.229 e. The number of nitrogens with zero attached hydrogens (tertiary/aromatic N) is 5. The van der Waals surface area contributed by atoms with Gasteiger partial charge in [-0.2, -0.15) is 4.52 Å². The second kappa shape index (κ2) is 6.87. The molecule has 0 aliphatic heterocycles. The molecule has 0 saturated heterocycles. The van der Waals surface area contributed by atoms with Gasteiger partial charge in [0, 0.05) is 18.5 Å². The number of hydrogen-bond donors (Lipinski definition) is 0. The van der Waals surface area contributed by atoms with Crippen molar-refractivity contribution in [2.24, 2.45) is 0 Å². The molecule has 4 aromatic rings. The summed E-state index contributed by atoms with van der Waals surface area (Å²) in [6.45, 7) is 7.62. The minimum atomic E-state index is -3.83. The van der Waals surface area contributed by atoms with E-state index in [1.54, 1.807) is 30.3 Å². The Kier molecular flexibility index (Phi) is 4.50. The summed E-state index contributed by atoms with van der Waals surface area (Å²) in [5.74, 6) is 0.739. The van der Waals surface area contributed by atoms with Gasteiger partial charge in [0.1, 0.15) is 5.82 Å². The van der Waals surface area contributed by atoms with Gasteiger partial charge in [-0.3, -0.25) is 0 Å². The van der Waals surface area contributed by atoms with Crippen LogP contribution in [0.1, 0.15) is 19.4 Å². The van der Waals surface area contributed by atoms with Crippen LogP contribution >= 0.6 is 0 Å². The van der Waals surface area contributed by atoms with Gasteiger partial charge < -0.3 is 4.90 Å². The van der Waals surface area contributed by atoms with E-state index in [2.05, 4.69) is 15.2 Å². The molecular formula is C20H21N5O2S. The molecule has 0 saturated carbocycles. The normalized spacial score (nSPS) is 12.0. The molecule has 28 heavy (non-hydrogen) atoms. The SMILES string of the molecule is CCN(CC)c1nc2c(S(=O)(=O)c3ccccc3)nnn2c2ccc(C)cc12. The van der Waals surface area contributed by atoms with Gasteiger partial charge in [-0.05, 0) is 45.0 Å². The van der Waals surface area contributed by atoms with Crippen LogP contribution in [0.15, 0.2) is 58.5 Å². The molecule has 0 bridgehead atoms. The van der Waals surface area contributed by atoms with Crippen LogP contribution in [-0.4, -0.2) is 41.3 Å². The molecule has 0 radical (unpaired) electrons. The molecule has 0 spiro atoms. The minimum Gasteiger partial charge on any atom is -0.357 e. The van der Waals surface area contributed by atoms with Crippen molar-refractivity contribution in [1.82, 2.24) is 19.8 Å². The molecule has 0 amide bonds. The van der Waals surface area contributed by atoms with Gasteiger partial charge in [0.25, 0.3) is 0 Å². The van der Waals surface area contributed by atoms with E-state index >= 15 is 0 Å². The maximum absolute atomic E-state index is 13.1. The zero-order chi connectivity index (χ0) is 19.9. The van der Waals surface area contributed by atoms with E-state index in [4.69, 9.17) is 4.98 Å². The molecule has 0 aliphatic rings. The van der Waals surface area contributed by atoms with Crippen molar-refractivity contribution < 1.29 is 8.42 Å². The lowest BCUT2D eigenvalue weighted by atomic mass is 10.1. The molecule has 7 nitrogen and oxygen atoms in total. The van der Waals surface area contributed by atoms with Crippen molar-refractivity contribution in [3.05, 3.63) is 54.1 Å². The number of aromatic nitrogens is 4. The Balaban J connectivity index is 2.07. The highest BCUT2D eigenvalue weighted by Crippen LogP contribution is 2.30. The first kappa shape index (κ1) is 18.4. The summed E-state index contributed by atoms with van der Waals surface area (Å²) >= 11 is 0. The van der Waals surface area contributed by atoms with Crippen molar-refractivity contribution in [2.75, 3.05) is 18.0 Å². The zero-order valence-corrected chi connectivity index (χ0v) is 16.8. The Morgan fingerprint density at radius 1 is 1.04 bits per heavy atom. The standard InChI is InChI=1S/C20H21N5O2S/c1-4-24(5-2)18-16-13-14(3)11-12-17(16)25-19(21-18)20(22-23-25)28(26,27)15-9-7-6-8-10-15/h6-13H,4-5H2,1-3H3. The van der Waals surface area contributed by atoms with Crippen LogP contribution in [0, 0.1) is 6.92 Å². The third-order valence-electron chi connectivity index (χ3n) is 4.82. The number of anilines is 1. The summed E-state index contributed by atoms with van der Waals surface area (Å²) < 4.78 is 27.8. The smallest absolute Gasteiger partial charge is 0.229 e. The number of sulfone groups is 1. The first-order chi connectivity index (χ1) is 13.5. The molecule has 144 valence electrons. The molecule has 2 aromatic heterocycles. The van der Waals surface area contributed by atoms with Crippen LogP contribution in [0.5, 0.6) is 0 Å². The van der Waals surface area contributed by atoms with Crippen molar-refractivity contribution in [3.63, 3.8) is 0 Å². The third-order valence-corrected chi connectivity index (χ3v) is 6.49. The Bertz CT molecular complexity index is 1260. The summed E-state index contributed by atoms with van der Waals surface area (Å²) in [7, 11) is -3.83. The molecule has 0 aliphatic carbocycles. The first-order valence-corrected chi connectivity index (χ1v) is 10.7. The number of aryl methyl sites for hydroxylation is 1. The molecule has 0 atom stereocenters. The van der Waals surface area contributed by atoms with E-state index in [0.717, 1.165) is 35.4 Å². The molecule has 2 heterocycles. The van der Waals surface area contributed by atoms with Crippen molar-refractivity contribution in [2.45, 2.75) is 30.7 Å². The first-order valence-electron chi connectivity index (χ1n) is 9.18. The summed E-state index contributed by atoms with van der Waals surface area (Å²) in [5, 5.41) is 8.93. The molecule has 0 fully saturated rings. The maximum atomic E-state index is 13.1. The lowest BCUT2D eigenvalue weighted by Crippen LogP contribution is -2.24. The number of benzene rings is 2. The average molecular weight is 395 g/mol. The van der Waals surface area contributed by atoms with Gasteiger partial charge in [0.05, 0.1) is 10.4 Å². The highest BCUT2D eigenvalue weighted by molar-refractivity contribution is 7.91. The van der Waals surface area contributed by atoms with Gasteiger partial charge in [-0.25, -0.2) is 13.4 Å². The second-order valence-corrected chi connectivity index (χ2v) is 8.44. The molecule has 0 N–H and O–H groups in total. The average Bonchev–Trinajstić information content (AvgIpc) is 3.14. The Morgan fingerprint density at radius 3 is 2.43 bits per heavy atom. The van der Waals surface area contributed by atoms with Gasteiger partial charge in [0.2, 0.25) is 14.9 Å². The molecule has 4 rings (SSSR count). The van der Waals surface area contributed by atoms with Crippen LogP contribution in [0.25, 0.3) is 16.6 Å². The van der Waals surface area contributed by atoms with E-state index in [-0.39, 0.29) is 15.6 Å². The molecular weight excluding hydrogens is 374 g/mol. The van der Waals surface area contributed by atoms with Crippen LogP contribution < -0.4 is 4.90 Å².